The molecule has 0 saturated carbocycles. The van der Waals surface area contributed by atoms with Crippen molar-refractivity contribution in [3.63, 3.8) is 0 Å². The quantitative estimate of drug-likeness (QED) is 0.747. The number of thiazole rings is 1. The van der Waals surface area contributed by atoms with E-state index in [-0.39, 0.29) is 12.0 Å². The third-order valence-electron chi connectivity index (χ3n) is 2.15. The minimum absolute atomic E-state index is 0.0739. The van der Waals surface area contributed by atoms with Crippen molar-refractivity contribution in [3.8, 4) is 0 Å². The second-order valence-electron chi connectivity index (χ2n) is 3.26. The Morgan fingerprint density at radius 2 is 2.73 bits per heavy atom. The second kappa shape index (κ2) is 5.20. The molecule has 0 bridgehead atoms. The van der Waals surface area contributed by atoms with Crippen molar-refractivity contribution in [2.75, 3.05) is 19.7 Å². The highest BCUT2D eigenvalue weighted by molar-refractivity contribution is 7.07. The Morgan fingerprint density at radius 3 is 3.40 bits per heavy atom. The van der Waals surface area contributed by atoms with E-state index in [0.29, 0.717) is 19.7 Å². The first kappa shape index (κ1) is 10.5. The molecule has 6 heteroatoms. The highest BCUT2D eigenvalue weighted by atomic mass is 32.1. The van der Waals surface area contributed by atoms with Crippen LogP contribution in [0.1, 0.15) is 5.69 Å². The van der Waals surface area contributed by atoms with Gasteiger partial charge in [-0.25, -0.2) is 4.98 Å². The molecule has 2 heterocycles. The average molecular weight is 227 g/mol. The number of amides is 1. The Hall–Kier alpha value is -0.980. The molecule has 1 aromatic heterocycles. The summed E-state index contributed by atoms with van der Waals surface area (Å²) in [6.07, 6.45) is -0.364. The first-order valence-corrected chi connectivity index (χ1v) is 5.77. The number of aromatic nitrogens is 1. The number of hydrogen-bond acceptors (Lipinski definition) is 5. The van der Waals surface area contributed by atoms with E-state index in [0.717, 1.165) is 12.2 Å². The van der Waals surface area contributed by atoms with E-state index in [1.165, 1.54) is 11.3 Å². The van der Waals surface area contributed by atoms with Crippen LogP contribution >= 0.6 is 11.3 Å². The maximum absolute atomic E-state index is 11.6. The number of morpholine rings is 1. The molecule has 2 N–H and O–H groups in total. The van der Waals surface area contributed by atoms with Gasteiger partial charge in [0.25, 0.3) is 5.91 Å². The molecule has 0 aromatic carbocycles. The Balaban J connectivity index is 1.76. The van der Waals surface area contributed by atoms with E-state index >= 15 is 0 Å². The third kappa shape index (κ3) is 2.98. The van der Waals surface area contributed by atoms with Crippen molar-refractivity contribution < 1.29 is 9.53 Å². The van der Waals surface area contributed by atoms with Gasteiger partial charge in [-0.05, 0) is 0 Å². The lowest BCUT2D eigenvalue weighted by molar-refractivity contribution is -0.134. The van der Waals surface area contributed by atoms with Gasteiger partial charge >= 0.3 is 0 Å². The van der Waals surface area contributed by atoms with Crippen molar-refractivity contribution in [1.82, 2.24) is 15.6 Å². The van der Waals surface area contributed by atoms with Crippen molar-refractivity contribution in [3.05, 3.63) is 16.6 Å². The molecular formula is C9H13N3O2S. The molecule has 5 nitrogen and oxygen atoms in total. The molecule has 1 aliphatic rings. The zero-order valence-corrected chi connectivity index (χ0v) is 9.05. The number of hydrogen-bond donors (Lipinski definition) is 2. The number of carbonyl (C=O) groups excluding carboxylic acids is 1. The first-order chi connectivity index (χ1) is 7.36. The van der Waals surface area contributed by atoms with Crippen LogP contribution in [-0.2, 0) is 16.1 Å². The number of nitrogens with zero attached hydrogens (tertiary/aromatic N) is 1. The molecule has 82 valence electrons. The summed E-state index contributed by atoms with van der Waals surface area (Å²) in [6, 6.07) is 0. The van der Waals surface area contributed by atoms with Crippen LogP contribution in [-0.4, -0.2) is 36.7 Å². The van der Waals surface area contributed by atoms with Gasteiger partial charge in [-0.15, -0.1) is 11.3 Å². The fraction of sp³-hybridized carbons (Fsp3) is 0.556. The van der Waals surface area contributed by atoms with E-state index in [1.54, 1.807) is 5.51 Å². The Bertz CT molecular complexity index is 309. The minimum Gasteiger partial charge on any atom is -0.366 e. The van der Waals surface area contributed by atoms with Gasteiger partial charge in [0.05, 0.1) is 24.4 Å². The molecule has 15 heavy (non-hydrogen) atoms. The first-order valence-electron chi connectivity index (χ1n) is 4.83. The predicted octanol–water partition coefficient (Wildman–Crippen LogP) is -0.252. The molecule has 1 atom stereocenters. The standard InChI is InChI=1S/C9H13N3O2S/c13-9(8-4-10-1-2-14-8)11-3-7-5-15-6-12-7/h5-6,8,10H,1-4H2,(H,11,13). The second-order valence-corrected chi connectivity index (χ2v) is 3.98. The van der Waals surface area contributed by atoms with E-state index in [4.69, 9.17) is 4.74 Å². The van der Waals surface area contributed by atoms with Crippen molar-refractivity contribution >= 4 is 17.2 Å². The number of nitrogens with one attached hydrogen (secondary N) is 2. The lowest BCUT2D eigenvalue weighted by atomic mass is 10.3. The van der Waals surface area contributed by atoms with Gasteiger partial charge in [0.2, 0.25) is 0 Å². The fourth-order valence-corrected chi connectivity index (χ4v) is 1.91. The molecule has 1 unspecified atom stereocenters. The van der Waals surface area contributed by atoms with Crippen LogP contribution in [0, 0.1) is 0 Å². The van der Waals surface area contributed by atoms with Gasteiger partial charge in [-0.3, -0.25) is 4.79 Å². The van der Waals surface area contributed by atoms with E-state index in [9.17, 15) is 4.79 Å². The van der Waals surface area contributed by atoms with Gasteiger partial charge in [-0.1, -0.05) is 0 Å². The van der Waals surface area contributed by atoms with Crippen LogP contribution in [0.2, 0.25) is 0 Å². The van der Waals surface area contributed by atoms with Gasteiger partial charge in [0.15, 0.2) is 0 Å². The van der Waals surface area contributed by atoms with Crippen molar-refractivity contribution in [2.24, 2.45) is 0 Å². The highest BCUT2D eigenvalue weighted by Gasteiger charge is 2.21. The number of carbonyl (C=O) groups is 1. The van der Waals surface area contributed by atoms with Crippen LogP contribution in [0.5, 0.6) is 0 Å². The maximum atomic E-state index is 11.6. The maximum Gasteiger partial charge on any atom is 0.250 e. The molecule has 2 rings (SSSR count). The summed E-state index contributed by atoms with van der Waals surface area (Å²) in [7, 11) is 0. The van der Waals surface area contributed by atoms with Gasteiger partial charge in [0.1, 0.15) is 6.10 Å². The Labute approximate surface area is 91.9 Å². The summed E-state index contributed by atoms with van der Waals surface area (Å²) < 4.78 is 5.32. The molecular weight excluding hydrogens is 214 g/mol. The third-order valence-corrected chi connectivity index (χ3v) is 2.78. The zero-order valence-electron chi connectivity index (χ0n) is 8.23. The fourth-order valence-electron chi connectivity index (χ4n) is 1.35. The monoisotopic (exact) mass is 227 g/mol. The summed E-state index contributed by atoms with van der Waals surface area (Å²) >= 11 is 1.52. The highest BCUT2D eigenvalue weighted by Crippen LogP contribution is 2.01. The lowest BCUT2D eigenvalue weighted by Gasteiger charge is -2.22. The summed E-state index contributed by atoms with van der Waals surface area (Å²) in [5, 5.41) is 7.82. The zero-order chi connectivity index (χ0) is 10.5. The van der Waals surface area contributed by atoms with Crippen LogP contribution in [0.4, 0.5) is 0 Å². The number of rotatable bonds is 3. The summed E-state index contributed by atoms with van der Waals surface area (Å²) in [4.78, 5) is 15.7. The topological polar surface area (TPSA) is 63.2 Å². The Morgan fingerprint density at radius 1 is 1.80 bits per heavy atom. The molecule has 1 aliphatic heterocycles. The molecule has 1 aromatic rings. The van der Waals surface area contributed by atoms with Crippen LogP contribution in [0.3, 0.4) is 0 Å². The SMILES string of the molecule is O=C(NCc1cscn1)C1CNCCO1. The van der Waals surface area contributed by atoms with Crippen LogP contribution in [0.25, 0.3) is 0 Å². The van der Waals surface area contributed by atoms with Gasteiger partial charge in [-0.2, -0.15) is 0 Å². The van der Waals surface area contributed by atoms with Crippen LogP contribution < -0.4 is 10.6 Å². The summed E-state index contributed by atoms with van der Waals surface area (Å²) in [6.45, 7) is 2.47. The smallest absolute Gasteiger partial charge is 0.250 e. The van der Waals surface area contributed by atoms with Crippen molar-refractivity contribution in [1.29, 1.82) is 0 Å². The minimum atomic E-state index is -0.364. The molecule has 0 aliphatic carbocycles. The Kier molecular flexibility index (Phi) is 3.65. The largest absolute Gasteiger partial charge is 0.366 e. The number of ether oxygens (including phenoxy) is 1. The van der Waals surface area contributed by atoms with E-state index in [2.05, 4.69) is 15.6 Å². The molecule has 1 saturated heterocycles. The molecule has 1 amide bonds. The molecule has 0 spiro atoms. The molecule has 0 radical (unpaired) electrons. The predicted molar refractivity (Wildman–Crippen MR) is 56.6 cm³/mol. The molecule has 1 fully saturated rings. The van der Waals surface area contributed by atoms with Gasteiger partial charge < -0.3 is 15.4 Å². The van der Waals surface area contributed by atoms with Gasteiger partial charge in [0, 0.05) is 18.5 Å². The normalized spacial score (nSPS) is 21.2. The van der Waals surface area contributed by atoms with Crippen LogP contribution in [0.15, 0.2) is 10.9 Å². The summed E-state index contributed by atoms with van der Waals surface area (Å²) in [5.41, 5.74) is 2.64. The van der Waals surface area contributed by atoms with E-state index < -0.39 is 0 Å². The van der Waals surface area contributed by atoms with Crippen molar-refractivity contribution in [2.45, 2.75) is 12.6 Å². The van der Waals surface area contributed by atoms with E-state index in [1.807, 2.05) is 5.38 Å². The average Bonchev–Trinajstić information content (AvgIpc) is 2.80. The summed E-state index contributed by atoms with van der Waals surface area (Å²) in [5.74, 6) is -0.0739. The lowest BCUT2D eigenvalue weighted by Crippen LogP contribution is -2.47.